The van der Waals surface area contributed by atoms with Gasteiger partial charge in [-0.25, -0.2) is 0 Å². The van der Waals surface area contributed by atoms with E-state index in [-0.39, 0.29) is 5.91 Å². The zero-order chi connectivity index (χ0) is 18.5. The largest absolute Gasteiger partial charge is 0.497 e. The van der Waals surface area contributed by atoms with Crippen molar-refractivity contribution >= 4 is 11.6 Å². The molecule has 0 saturated carbocycles. The first-order chi connectivity index (χ1) is 12.7. The van der Waals surface area contributed by atoms with Crippen molar-refractivity contribution in [3.8, 4) is 22.9 Å². The zero-order valence-corrected chi connectivity index (χ0v) is 14.5. The van der Waals surface area contributed by atoms with Crippen LogP contribution in [0.25, 0.3) is 5.69 Å². The molecule has 26 heavy (non-hydrogen) atoms. The van der Waals surface area contributed by atoms with Crippen LogP contribution in [0.15, 0.2) is 42.7 Å². The number of ether oxygens (including phenoxy) is 3. The molecule has 3 rings (SSSR count). The second-order valence-corrected chi connectivity index (χ2v) is 5.16. The van der Waals surface area contributed by atoms with Gasteiger partial charge in [0.05, 0.1) is 27.0 Å². The van der Waals surface area contributed by atoms with Crippen LogP contribution in [0.3, 0.4) is 0 Å². The molecule has 0 aliphatic heterocycles. The quantitative estimate of drug-likeness (QED) is 0.721. The topological polar surface area (TPSA) is 100 Å². The summed E-state index contributed by atoms with van der Waals surface area (Å²) in [6.45, 7) is 0. The van der Waals surface area contributed by atoms with E-state index in [0.717, 1.165) is 0 Å². The highest BCUT2D eigenvalue weighted by molar-refractivity contribution is 6.05. The molecular weight excluding hydrogens is 338 g/mol. The van der Waals surface area contributed by atoms with Crippen molar-refractivity contribution in [2.24, 2.45) is 0 Å². The molecule has 0 bridgehead atoms. The van der Waals surface area contributed by atoms with Gasteiger partial charge in [-0.1, -0.05) is 0 Å². The van der Waals surface area contributed by atoms with Crippen LogP contribution in [0.4, 0.5) is 5.69 Å². The number of nitrogens with zero attached hydrogens (tertiary/aromatic N) is 4. The lowest BCUT2D eigenvalue weighted by atomic mass is 10.1. The molecule has 9 heteroatoms. The number of rotatable bonds is 6. The Morgan fingerprint density at radius 1 is 1.00 bits per heavy atom. The number of nitrogens with one attached hydrogen (secondary N) is 1. The Morgan fingerprint density at radius 3 is 2.46 bits per heavy atom. The van der Waals surface area contributed by atoms with Gasteiger partial charge in [-0.15, -0.1) is 5.10 Å². The first kappa shape index (κ1) is 17.2. The summed E-state index contributed by atoms with van der Waals surface area (Å²) in [5, 5.41) is 13.8. The summed E-state index contributed by atoms with van der Waals surface area (Å²) in [5.74, 6) is 1.27. The number of carbonyl (C=O) groups is 1. The molecule has 0 fully saturated rings. The lowest BCUT2D eigenvalue weighted by Gasteiger charge is -2.13. The molecule has 0 spiro atoms. The van der Waals surface area contributed by atoms with Crippen molar-refractivity contribution in [1.82, 2.24) is 20.2 Å². The third kappa shape index (κ3) is 3.41. The van der Waals surface area contributed by atoms with Gasteiger partial charge in [-0.3, -0.25) is 4.79 Å². The van der Waals surface area contributed by atoms with Gasteiger partial charge in [-0.2, -0.15) is 4.68 Å². The Hall–Kier alpha value is -3.62. The number of benzene rings is 2. The highest BCUT2D eigenvalue weighted by atomic mass is 16.5. The molecule has 0 aliphatic carbocycles. The van der Waals surface area contributed by atoms with Crippen LogP contribution >= 0.6 is 0 Å². The third-order valence-electron chi connectivity index (χ3n) is 3.69. The molecule has 0 unspecified atom stereocenters. The van der Waals surface area contributed by atoms with Crippen LogP contribution in [-0.2, 0) is 0 Å². The number of carbonyl (C=O) groups excluding carboxylic acids is 1. The Morgan fingerprint density at radius 2 is 1.81 bits per heavy atom. The van der Waals surface area contributed by atoms with Crippen LogP contribution in [-0.4, -0.2) is 47.4 Å². The normalized spacial score (nSPS) is 10.3. The molecule has 9 nitrogen and oxygen atoms in total. The first-order valence-corrected chi connectivity index (χ1v) is 7.61. The highest BCUT2D eigenvalue weighted by Crippen LogP contribution is 2.30. The van der Waals surface area contributed by atoms with Gasteiger partial charge in [0.2, 0.25) is 0 Å². The number of anilines is 1. The molecule has 0 atom stereocenters. The van der Waals surface area contributed by atoms with Crippen LogP contribution in [0, 0.1) is 0 Å². The minimum atomic E-state index is -0.321. The Balaban J connectivity index is 1.89. The van der Waals surface area contributed by atoms with E-state index in [1.54, 1.807) is 43.5 Å². The number of hydrogen-bond acceptors (Lipinski definition) is 7. The summed E-state index contributed by atoms with van der Waals surface area (Å²) in [5.41, 5.74) is 1.52. The van der Waals surface area contributed by atoms with Crippen molar-refractivity contribution in [2.75, 3.05) is 26.6 Å². The summed E-state index contributed by atoms with van der Waals surface area (Å²) >= 11 is 0. The van der Waals surface area contributed by atoms with E-state index in [4.69, 9.17) is 14.2 Å². The fourth-order valence-electron chi connectivity index (χ4n) is 2.39. The Kier molecular flexibility index (Phi) is 4.97. The van der Waals surface area contributed by atoms with Gasteiger partial charge in [0.15, 0.2) is 0 Å². The Bertz CT molecular complexity index is 912. The monoisotopic (exact) mass is 355 g/mol. The molecule has 2 aromatic carbocycles. The lowest BCUT2D eigenvalue weighted by molar-refractivity contribution is 0.102. The molecule has 1 heterocycles. The molecule has 1 aromatic heterocycles. The second kappa shape index (κ2) is 7.51. The summed E-state index contributed by atoms with van der Waals surface area (Å²) in [6, 6.07) is 10.1. The molecule has 0 radical (unpaired) electrons. The van der Waals surface area contributed by atoms with Gasteiger partial charge in [0.25, 0.3) is 5.91 Å². The van der Waals surface area contributed by atoms with E-state index in [0.29, 0.717) is 34.2 Å². The summed E-state index contributed by atoms with van der Waals surface area (Å²) in [7, 11) is 4.59. The van der Waals surface area contributed by atoms with Gasteiger partial charge >= 0.3 is 0 Å². The summed E-state index contributed by atoms with van der Waals surface area (Å²) in [6.07, 6.45) is 1.44. The van der Waals surface area contributed by atoms with Crippen LogP contribution in [0.5, 0.6) is 17.2 Å². The maximum absolute atomic E-state index is 12.6. The van der Waals surface area contributed by atoms with Crippen molar-refractivity contribution in [3.05, 3.63) is 48.3 Å². The van der Waals surface area contributed by atoms with Crippen molar-refractivity contribution in [2.45, 2.75) is 0 Å². The smallest absolute Gasteiger partial charge is 0.255 e. The van der Waals surface area contributed by atoms with E-state index in [1.807, 2.05) is 0 Å². The van der Waals surface area contributed by atoms with Crippen molar-refractivity contribution in [3.63, 3.8) is 0 Å². The molecule has 1 N–H and O–H groups in total. The minimum Gasteiger partial charge on any atom is -0.497 e. The number of hydrogen-bond donors (Lipinski definition) is 1. The minimum absolute atomic E-state index is 0.321. The maximum Gasteiger partial charge on any atom is 0.255 e. The molecule has 0 saturated heterocycles. The summed E-state index contributed by atoms with van der Waals surface area (Å²) in [4.78, 5) is 12.6. The van der Waals surface area contributed by atoms with Crippen LogP contribution in [0.2, 0.25) is 0 Å². The number of aromatic nitrogens is 4. The standard InChI is InChI=1S/C17H17N5O4/c1-24-12-5-7-15(25-2)13(9-12)19-17(23)11-4-6-14(16(8-11)26-3)22-10-18-20-21-22/h4-10H,1-3H3,(H,19,23). The lowest BCUT2D eigenvalue weighted by Crippen LogP contribution is -2.13. The Labute approximate surface area is 149 Å². The predicted molar refractivity (Wildman–Crippen MR) is 93.2 cm³/mol. The third-order valence-corrected chi connectivity index (χ3v) is 3.69. The van der Waals surface area contributed by atoms with E-state index in [2.05, 4.69) is 20.8 Å². The average Bonchev–Trinajstić information content (AvgIpc) is 3.21. The molecule has 134 valence electrons. The van der Waals surface area contributed by atoms with E-state index in [1.165, 1.54) is 25.2 Å². The molecule has 1 amide bonds. The van der Waals surface area contributed by atoms with E-state index in [9.17, 15) is 4.79 Å². The van der Waals surface area contributed by atoms with Gasteiger partial charge in [0, 0.05) is 11.6 Å². The fourth-order valence-corrected chi connectivity index (χ4v) is 2.39. The molecular formula is C17H17N5O4. The van der Waals surface area contributed by atoms with Gasteiger partial charge < -0.3 is 19.5 Å². The van der Waals surface area contributed by atoms with Crippen LogP contribution in [0.1, 0.15) is 10.4 Å². The van der Waals surface area contributed by atoms with Crippen LogP contribution < -0.4 is 19.5 Å². The fraction of sp³-hybridized carbons (Fsp3) is 0.176. The van der Waals surface area contributed by atoms with Gasteiger partial charge in [0.1, 0.15) is 29.3 Å². The SMILES string of the molecule is COc1ccc(OC)c(NC(=O)c2ccc(-n3cnnn3)c(OC)c2)c1. The molecule has 0 aliphatic rings. The van der Waals surface area contributed by atoms with Crippen molar-refractivity contribution in [1.29, 1.82) is 0 Å². The highest BCUT2D eigenvalue weighted by Gasteiger charge is 2.14. The number of amides is 1. The van der Waals surface area contributed by atoms with E-state index < -0.39 is 0 Å². The number of methoxy groups -OCH3 is 3. The maximum atomic E-state index is 12.6. The predicted octanol–water partition coefficient (Wildman–Crippen LogP) is 1.94. The first-order valence-electron chi connectivity index (χ1n) is 7.61. The average molecular weight is 355 g/mol. The number of tetrazole rings is 1. The molecule has 3 aromatic rings. The van der Waals surface area contributed by atoms with Crippen molar-refractivity contribution < 1.29 is 19.0 Å². The second-order valence-electron chi connectivity index (χ2n) is 5.16. The van der Waals surface area contributed by atoms with Gasteiger partial charge in [-0.05, 0) is 40.8 Å². The zero-order valence-electron chi connectivity index (χ0n) is 14.5. The summed E-state index contributed by atoms with van der Waals surface area (Å²) < 4.78 is 17.3. The van der Waals surface area contributed by atoms with E-state index >= 15 is 0 Å².